The SMILES string of the molecule is COc1cnccc1C(N)Cc1cccc(Cl)c1Cl. The first-order valence-electron chi connectivity index (χ1n) is 5.80. The maximum Gasteiger partial charge on any atom is 0.141 e. The van der Waals surface area contributed by atoms with Gasteiger partial charge in [0.1, 0.15) is 5.75 Å². The van der Waals surface area contributed by atoms with Crippen LogP contribution in [0, 0.1) is 0 Å². The minimum absolute atomic E-state index is 0.228. The highest BCUT2D eigenvalue weighted by Crippen LogP contribution is 2.30. The van der Waals surface area contributed by atoms with E-state index in [0.29, 0.717) is 22.2 Å². The van der Waals surface area contributed by atoms with Crippen LogP contribution in [0.2, 0.25) is 10.0 Å². The lowest BCUT2D eigenvalue weighted by Crippen LogP contribution is -2.15. The molecule has 0 bridgehead atoms. The minimum Gasteiger partial charge on any atom is -0.495 e. The number of ether oxygens (including phenoxy) is 1. The van der Waals surface area contributed by atoms with E-state index >= 15 is 0 Å². The van der Waals surface area contributed by atoms with Crippen LogP contribution in [0.1, 0.15) is 17.2 Å². The molecule has 0 fully saturated rings. The molecule has 0 saturated carbocycles. The summed E-state index contributed by atoms with van der Waals surface area (Å²) >= 11 is 12.2. The van der Waals surface area contributed by atoms with Crippen molar-refractivity contribution in [3.05, 3.63) is 57.8 Å². The van der Waals surface area contributed by atoms with Crippen molar-refractivity contribution in [1.29, 1.82) is 0 Å². The van der Waals surface area contributed by atoms with Crippen molar-refractivity contribution in [2.45, 2.75) is 12.5 Å². The summed E-state index contributed by atoms with van der Waals surface area (Å²) in [5, 5.41) is 1.08. The molecule has 1 unspecified atom stereocenters. The van der Waals surface area contributed by atoms with Crippen molar-refractivity contribution in [3.8, 4) is 5.75 Å². The molecule has 1 aromatic carbocycles. The van der Waals surface area contributed by atoms with Crippen LogP contribution in [0.25, 0.3) is 0 Å². The Morgan fingerprint density at radius 3 is 2.84 bits per heavy atom. The molecular weight excluding hydrogens is 283 g/mol. The second-order valence-electron chi connectivity index (χ2n) is 4.14. The monoisotopic (exact) mass is 296 g/mol. The maximum absolute atomic E-state index is 6.21. The van der Waals surface area contributed by atoms with Crippen molar-refractivity contribution in [2.24, 2.45) is 5.73 Å². The molecule has 5 heteroatoms. The molecule has 1 aromatic heterocycles. The van der Waals surface area contributed by atoms with Gasteiger partial charge in [-0.15, -0.1) is 0 Å². The van der Waals surface area contributed by atoms with Crippen LogP contribution in [0.15, 0.2) is 36.7 Å². The Balaban J connectivity index is 2.26. The number of nitrogens with zero attached hydrogens (tertiary/aromatic N) is 1. The van der Waals surface area contributed by atoms with Crippen LogP contribution in [-0.4, -0.2) is 12.1 Å². The molecular formula is C14H14Cl2N2O. The molecule has 19 heavy (non-hydrogen) atoms. The molecule has 1 heterocycles. The molecule has 3 nitrogen and oxygen atoms in total. The van der Waals surface area contributed by atoms with E-state index in [-0.39, 0.29) is 6.04 Å². The van der Waals surface area contributed by atoms with Crippen molar-refractivity contribution < 1.29 is 4.74 Å². The van der Waals surface area contributed by atoms with Gasteiger partial charge in [-0.1, -0.05) is 35.3 Å². The second kappa shape index (κ2) is 6.24. The minimum atomic E-state index is -0.228. The number of halogens is 2. The van der Waals surface area contributed by atoms with Gasteiger partial charge in [-0.3, -0.25) is 4.98 Å². The Hall–Kier alpha value is -1.29. The summed E-state index contributed by atoms with van der Waals surface area (Å²) in [6.45, 7) is 0. The van der Waals surface area contributed by atoms with Crippen LogP contribution < -0.4 is 10.5 Å². The molecule has 0 saturated heterocycles. The van der Waals surface area contributed by atoms with Gasteiger partial charge in [0, 0.05) is 17.8 Å². The van der Waals surface area contributed by atoms with Gasteiger partial charge in [0.25, 0.3) is 0 Å². The number of hydrogen-bond acceptors (Lipinski definition) is 3. The topological polar surface area (TPSA) is 48.1 Å². The lowest BCUT2D eigenvalue weighted by Gasteiger charge is -2.16. The first-order chi connectivity index (χ1) is 9.13. The number of methoxy groups -OCH3 is 1. The molecule has 2 rings (SSSR count). The van der Waals surface area contributed by atoms with Gasteiger partial charge in [0.2, 0.25) is 0 Å². The Morgan fingerprint density at radius 1 is 1.32 bits per heavy atom. The highest BCUT2D eigenvalue weighted by atomic mass is 35.5. The first kappa shape index (κ1) is 14.1. The second-order valence-corrected chi connectivity index (χ2v) is 4.93. The Kier molecular flexibility index (Phi) is 4.64. The van der Waals surface area contributed by atoms with Gasteiger partial charge in [-0.05, 0) is 24.1 Å². The number of rotatable bonds is 4. The van der Waals surface area contributed by atoms with Crippen molar-refractivity contribution >= 4 is 23.2 Å². The Bertz CT molecular complexity index is 575. The zero-order chi connectivity index (χ0) is 13.8. The normalized spacial score (nSPS) is 12.2. The quantitative estimate of drug-likeness (QED) is 0.937. The average molecular weight is 297 g/mol. The molecule has 0 aliphatic heterocycles. The summed E-state index contributed by atoms with van der Waals surface area (Å²) in [6.07, 6.45) is 3.92. The third-order valence-corrected chi connectivity index (χ3v) is 3.77. The van der Waals surface area contributed by atoms with E-state index in [2.05, 4.69) is 4.98 Å². The van der Waals surface area contributed by atoms with Gasteiger partial charge in [0.05, 0.1) is 23.4 Å². The Labute approximate surface area is 122 Å². The van der Waals surface area contributed by atoms with E-state index in [9.17, 15) is 0 Å². The molecule has 2 N–H and O–H groups in total. The zero-order valence-corrected chi connectivity index (χ0v) is 11.9. The first-order valence-corrected chi connectivity index (χ1v) is 6.55. The summed E-state index contributed by atoms with van der Waals surface area (Å²) in [7, 11) is 1.60. The predicted octanol–water partition coefficient (Wildman–Crippen LogP) is 3.64. The number of benzene rings is 1. The van der Waals surface area contributed by atoms with Crippen LogP contribution >= 0.6 is 23.2 Å². The molecule has 1 atom stereocenters. The summed E-state index contributed by atoms with van der Waals surface area (Å²) in [5.74, 6) is 0.674. The number of pyridine rings is 1. The fourth-order valence-electron chi connectivity index (χ4n) is 1.92. The molecule has 2 aromatic rings. The molecule has 0 aliphatic carbocycles. The van der Waals surface area contributed by atoms with Gasteiger partial charge >= 0.3 is 0 Å². The summed E-state index contributed by atoms with van der Waals surface area (Å²) in [4.78, 5) is 4.01. The smallest absolute Gasteiger partial charge is 0.141 e. The lowest BCUT2D eigenvalue weighted by atomic mass is 10.00. The Morgan fingerprint density at radius 2 is 2.11 bits per heavy atom. The van der Waals surface area contributed by atoms with Crippen LogP contribution in [0.3, 0.4) is 0 Å². The van der Waals surface area contributed by atoms with Crippen molar-refractivity contribution in [3.63, 3.8) is 0 Å². The van der Waals surface area contributed by atoms with Gasteiger partial charge in [-0.25, -0.2) is 0 Å². The van der Waals surface area contributed by atoms with E-state index in [4.69, 9.17) is 33.7 Å². The highest BCUT2D eigenvalue weighted by Gasteiger charge is 2.14. The van der Waals surface area contributed by atoms with E-state index < -0.39 is 0 Å². The molecule has 0 amide bonds. The zero-order valence-electron chi connectivity index (χ0n) is 10.4. The standard InChI is InChI=1S/C14H14Cl2N2O/c1-19-13-8-18-6-5-10(13)12(17)7-9-3-2-4-11(15)14(9)16/h2-6,8,12H,7,17H2,1H3. The van der Waals surface area contributed by atoms with Gasteiger partial charge in [-0.2, -0.15) is 0 Å². The fraction of sp³-hybridized carbons (Fsp3) is 0.214. The number of hydrogen-bond donors (Lipinski definition) is 1. The van der Waals surface area contributed by atoms with Crippen LogP contribution in [0.5, 0.6) is 5.75 Å². The molecule has 0 radical (unpaired) electrons. The predicted molar refractivity (Wildman–Crippen MR) is 77.9 cm³/mol. The summed E-state index contributed by atoms with van der Waals surface area (Å²) in [6, 6.07) is 7.16. The van der Waals surface area contributed by atoms with Crippen LogP contribution in [0.4, 0.5) is 0 Å². The summed E-state index contributed by atoms with van der Waals surface area (Å²) in [5.41, 5.74) is 8.03. The number of aromatic nitrogens is 1. The molecule has 0 aliphatic rings. The fourth-order valence-corrected chi connectivity index (χ4v) is 2.32. The third-order valence-electron chi connectivity index (χ3n) is 2.91. The maximum atomic E-state index is 6.21. The molecule has 0 spiro atoms. The van der Waals surface area contributed by atoms with Gasteiger partial charge in [0.15, 0.2) is 0 Å². The highest BCUT2D eigenvalue weighted by molar-refractivity contribution is 6.42. The van der Waals surface area contributed by atoms with E-state index in [1.807, 2.05) is 18.2 Å². The van der Waals surface area contributed by atoms with Crippen molar-refractivity contribution in [2.75, 3.05) is 7.11 Å². The lowest BCUT2D eigenvalue weighted by molar-refractivity contribution is 0.403. The molecule has 100 valence electrons. The largest absolute Gasteiger partial charge is 0.495 e. The summed E-state index contributed by atoms with van der Waals surface area (Å²) < 4.78 is 5.26. The number of nitrogens with two attached hydrogens (primary N) is 1. The van der Waals surface area contributed by atoms with E-state index in [1.54, 1.807) is 25.6 Å². The average Bonchev–Trinajstić information content (AvgIpc) is 2.43. The van der Waals surface area contributed by atoms with Gasteiger partial charge < -0.3 is 10.5 Å². The van der Waals surface area contributed by atoms with Crippen LogP contribution in [-0.2, 0) is 6.42 Å². The third kappa shape index (κ3) is 3.18. The van der Waals surface area contributed by atoms with Crippen molar-refractivity contribution in [1.82, 2.24) is 4.98 Å². The van der Waals surface area contributed by atoms with E-state index in [1.165, 1.54) is 0 Å². The van der Waals surface area contributed by atoms with E-state index in [0.717, 1.165) is 11.1 Å².